The summed E-state index contributed by atoms with van der Waals surface area (Å²) in [6, 6.07) is -9.81. The summed E-state index contributed by atoms with van der Waals surface area (Å²) in [4.78, 5) is 104. The molecule has 0 radical (unpaired) electrons. The molecule has 0 saturated carbocycles. The minimum atomic E-state index is -1.79. The molecule has 1 fully saturated rings. The predicted molar refractivity (Wildman–Crippen MR) is 213 cm³/mol. The molecule has 1 saturated heterocycles. The van der Waals surface area contributed by atoms with Crippen LogP contribution in [0.25, 0.3) is 0 Å². The number of aliphatic hydroxyl groups is 3. The van der Waals surface area contributed by atoms with Gasteiger partial charge in [0.05, 0.1) is 25.9 Å². The molecule has 334 valence electrons. The topological polar surface area (TPSA) is 489 Å². The van der Waals surface area contributed by atoms with Crippen molar-refractivity contribution >= 4 is 59.2 Å². The molecule has 0 spiro atoms. The van der Waals surface area contributed by atoms with E-state index in [0.29, 0.717) is 19.3 Å². The normalized spacial score (nSPS) is 16.4. The average molecular weight is 844 g/mol. The molecule has 0 aromatic rings. The maximum Gasteiger partial charge on any atom is 0.245 e. The van der Waals surface area contributed by atoms with Crippen LogP contribution in [0.15, 0.2) is 15.0 Å². The second-order valence-electron chi connectivity index (χ2n) is 13.4. The van der Waals surface area contributed by atoms with Crippen LogP contribution in [0.4, 0.5) is 0 Å². The van der Waals surface area contributed by atoms with E-state index in [4.69, 9.17) is 45.9 Å². The van der Waals surface area contributed by atoms with E-state index in [2.05, 4.69) is 41.6 Å². The molecule has 1 aliphatic heterocycles. The summed E-state index contributed by atoms with van der Waals surface area (Å²) in [6.45, 7) is -2.53. The number of hydrogen-bond acceptors (Lipinski definition) is 14. The number of nitrogens with two attached hydrogens (primary N) is 8. The highest BCUT2D eigenvalue weighted by Gasteiger charge is 2.38. The number of aliphatic hydroxyl groups excluding tert-OH is 3. The van der Waals surface area contributed by atoms with Gasteiger partial charge in [0.1, 0.15) is 36.3 Å². The van der Waals surface area contributed by atoms with E-state index in [0.717, 1.165) is 0 Å². The maximum atomic E-state index is 13.5. The van der Waals surface area contributed by atoms with E-state index in [1.165, 1.54) is 4.90 Å². The Morgan fingerprint density at radius 2 is 0.898 bits per heavy atom. The van der Waals surface area contributed by atoms with Crippen LogP contribution in [0.3, 0.4) is 0 Å². The Bertz CT molecular complexity index is 1520. The van der Waals surface area contributed by atoms with Crippen molar-refractivity contribution in [2.75, 3.05) is 46.0 Å². The van der Waals surface area contributed by atoms with Crippen LogP contribution in [0.5, 0.6) is 0 Å². The van der Waals surface area contributed by atoms with Gasteiger partial charge in [0.25, 0.3) is 0 Å². The first-order valence-corrected chi connectivity index (χ1v) is 18.7. The van der Waals surface area contributed by atoms with Gasteiger partial charge >= 0.3 is 0 Å². The van der Waals surface area contributed by atoms with Crippen molar-refractivity contribution < 1.29 is 48.9 Å². The number of rotatable bonds is 27. The first-order chi connectivity index (χ1) is 27.9. The fraction of sp³-hybridized carbons (Fsp3) is 0.688. The lowest BCUT2D eigenvalue weighted by molar-refractivity contribution is -0.141. The fourth-order valence-electron chi connectivity index (χ4n) is 5.66. The van der Waals surface area contributed by atoms with Gasteiger partial charge < -0.3 is 92.7 Å². The Morgan fingerprint density at radius 1 is 0.542 bits per heavy atom. The number of carbonyl (C=O) groups is 7. The van der Waals surface area contributed by atoms with Crippen LogP contribution in [0.2, 0.25) is 0 Å². The van der Waals surface area contributed by atoms with Gasteiger partial charge in [-0.25, -0.2) is 0 Å². The van der Waals surface area contributed by atoms with Crippen molar-refractivity contribution in [2.24, 2.45) is 60.8 Å². The molecule has 1 heterocycles. The molecule has 0 aromatic heterocycles. The zero-order valence-electron chi connectivity index (χ0n) is 32.8. The minimum Gasteiger partial charge on any atom is -0.394 e. The number of hydrogen-bond donors (Lipinski definition) is 16. The molecule has 1 aliphatic rings. The summed E-state index contributed by atoms with van der Waals surface area (Å²) in [6.07, 6.45) is 1.58. The first-order valence-electron chi connectivity index (χ1n) is 18.7. The standard InChI is InChI=1S/C32H61N17O10/c33-16(5-1-9-41-30(35)36)24(54)44-17(6-2-10-42-31(37)38)25(55)46-20(14-51)27(57)48-21(15-52)28(58)47-19(13-50)26(56)45-18(7-3-11-43-32(39)40)29(59)49-12-4-8-22(49)23(34)53/h16-22,50-52H,1-15,33H2,(H2,34,53)(H,44,54)(H,45,56)(H,46,55)(H,47,58)(H,48,57)(H4,35,36,41)(H4,37,38,42)(H4,39,40,43)/t16-,17-,18-,19-,20-,21-,22-/m0/s1. The Labute approximate surface area is 339 Å². The van der Waals surface area contributed by atoms with E-state index in [-0.39, 0.29) is 76.2 Å². The SMILES string of the molecule is NC(=O)[C@@H]1CCCN1C(=O)[C@H](CCCN=C(N)N)NC(=O)[C@H](CO)NC(=O)[C@H](CO)NC(=O)[C@H](CO)NC(=O)[C@H](CCCN=C(N)N)NC(=O)[C@@H](N)CCCN=C(N)N. The van der Waals surface area contributed by atoms with Crippen molar-refractivity contribution in [2.45, 2.75) is 93.7 Å². The molecule has 7 amide bonds. The van der Waals surface area contributed by atoms with Crippen LogP contribution < -0.4 is 72.5 Å². The van der Waals surface area contributed by atoms with Crippen LogP contribution >= 0.6 is 0 Å². The van der Waals surface area contributed by atoms with Crippen molar-refractivity contribution in [1.82, 2.24) is 31.5 Å². The lowest BCUT2D eigenvalue weighted by atomic mass is 10.1. The van der Waals surface area contributed by atoms with E-state index in [1.54, 1.807) is 0 Å². The third kappa shape index (κ3) is 18.8. The lowest BCUT2D eigenvalue weighted by Crippen LogP contribution is -2.61. The molecular weight excluding hydrogens is 782 g/mol. The summed E-state index contributed by atoms with van der Waals surface area (Å²) in [5.41, 5.74) is 43.4. The second kappa shape index (κ2) is 26.8. The monoisotopic (exact) mass is 843 g/mol. The molecule has 27 nitrogen and oxygen atoms in total. The molecule has 0 aliphatic carbocycles. The van der Waals surface area contributed by atoms with Gasteiger partial charge in [0, 0.05) is 26.2 Å². The number of carbonyl (C=O) groups excluding carboxylic acids is 7. The van der Waals surface area contributed by atoms with Crippen molar-refractivity contribution in [3.8, 4) is 0 Å². The number of guanidine groups is 3. The van der Waals surface area contributed by atoms with Gasteiger partial charge in [-0.15, -0.1) is 0 Å². The second-order valence-corrected chi connectivity index (χ2v) is 13.4. The molecule has 0 unspecified atom stereocenters. The van der Waals surface area contributed by atoms with Crippen molar-refractivity contribution in [1.29, 1.82) is 0 Å². The largest absolute Gasteiger partial charge is 0.394 e. The molecule has 24 N–H and O–H groups in total. The number of primary amides is 1. The van der Waals surface area contributed by atoms with Crippen molar-refractivity contribution in [3.05, 3.63) is 0 Å². The van der Waals surface area contributed by atoms with Gasteiger partial charge in [-0.2, -0.15) is 0 Å². The smallest absolute Gasteiger partial charge is 0.245 e. The highest BCUT2D eigenvalue weighted by molar-refractivity contribution is 5.97. The van der Waals surface area contributed by atoms with Gasteiger partial charge in [0.2, 0.25) is 41.4 Å². The number of nitrogens with zero attached hydrogens (tertiary/aromatic N) is 4. The number of likely N-dealkylation sites (tertiary alicyclic amines) is 1. The zero-order valence-corrected chi connectivity index (χ0v) is 32.8. The van der Waals surface area contributed by atoms with Crippen LogP contribution in [-0.2, 0) is 33.6 Å². The predicted octanol–water partition coefficient (Wildman–Crippen LogP) is -9.65. The Kier molecular flexibility index (Phi) is 23.1. The van der Waals surface area contributed by atoms with Crippen LogP contribution in [0.1, 0.15) is 51.4 Å². The number of amides is 7. The summed E-state index contributed by atoms with van der Waals surface area (Å²) in [7, 11) is 0. The Morgan fingerprint density at radius 3 is 1.29 bits per heavy atom. The average Bonchev–Trinajstić information content (AvgIpc) is 3.68. The van der Waals surface area contributed by atoms with E-state index in [1.807, 2.05) is 0 Å². The first kappa shape index (κ1) is 51.0. The van der Waals surface area contributed by atoms with Crippen LogP contribution in [0, 0.1) is 0 Å². The van der Waals surface area contributed by atoms with Gasteiger partial charge in [-0.1, -0.05) is 0 Å². The summed E-state index contributed by atoms with van der Waals surface area (Å²) >= 11 is 0. The highest BCUT2D eigenvalue weighted by Crippen LogP contribution is 2.19. The van der Waals surface area contributed by atoms with Gasteiger partial charge in [-0.05, 0) is 51.4 Å². The van der Waals surface area contributed by atoms with Gasteiger partial charge in [0.15, 0.2) is 17.9 Å². The van der Waals surface area contributed by atoms with E-state index >= 15 is 0 Å². The van der Waals surface area contributed by atoms with E-state index < -0.39 is 103 Å². The molecule has 1 rings (SSSR count). The zero-order chi connectivity index (χ0) is 44.7. The van der Waals surface area contributed by atoms with Crippen molar-refractivity contribution in [3.63, 3.8) is 0 Å². The Hall–Kier alpha value is -6.06. The lowest BCUT2D eigenvalue weighted by Gasteiger charge is -2.29. The molecular formula is C32H61N17O10. The molecule has 0 bridgehead atoms. The summed E-state index contributed by atoms with van der Waals surface area (Å²) in [5.74, 6) is -6.99. The maximum absolute atomic E-state index is 13.5. The van der Waals surface area contributed by atoms with Gasteiger partial charge in [-0.3, -0.25) is 48.5 Å². The van der Waals surface area contributed by atoms with Crippen LogP contribution in [-0.4, -0.2) is 168 Å². The molecule has 7 atom stereocenters. The molecule has 0 aromatic carbocycles. The summed E-state index contributed by atoms with van der Waals surface area (Å²) in [5, 5.41) is 41.5. The fourth-order valence-corrected chi connectivity index (χ4v) is 5.66. The third-order valence-corrected chi connectivity index (χ3v) is 8.75. The highest BCUT2D eigenvalue weighted by atomic mass is 16.3. The molecule has 59 heavy (non-hydrogen) atoms. The minimum absolute atomic E-state index is 0.0205. The number of nitrogens with one attached hydrogen (secondary N) is 5. The third-order valence-electron chi connectivity index (χ3n) is 8.75. The quantitative estimate of drug-likeness (QED) is 0.0207. The van der Waals surface area contributed by atoms with E-state index in [9.17, 15) is 48.9 Å². The Balaban J connectivity index is 3.05. The molecule has 27 heteroatoms. The summed E-state index contributed by atoms with van der Waals surface area (Å²) < 4.78 is 0. The number of aliphatic imine (C=N–C) groups is 3.